The largest absolute Gasteiger partial charge is 0.372 e. The van der Waals surface area contributed by atoms with E-state index in [0.717, 1.165) is 13.2 Å². The molecule has 1 aromatic heterocycles. The number of thiophene rings is 1. The zero-order chi connectivity index (χ0) is 12.5. The van der Waals surface area contributed by atoms with E-state index in [0.29, 0.717) is 0 Å². The molecule has 2 heterocycles. The number of ether oxygens (including phenoxy) is 1. The lowest BCUT2D eigenvalue weighted by Gasteiger charge is -2.16. The lowest BCUT2D eigenvalue weighted by atomic mass is 9.97. The van der Waals surface area contributed by atoms with Crippen molar-refractivity contribution in [3.8, 4) is 0 Å². The van der Waals surface area contributed by atoms with Crippen LogP contribution in [0.2, 0.25) is 0 Å². The number of hydrogen-bond donors (Lipinski definition) is 1. The molecule has 1 aliphatic rings. The van der Waals surface area contributed by atoms with E-state index in [1.807, 2.05) is 7.05 Å². The fourth-order valence-electron chi connectivity index (χ4n) is 2.51. The maximum absolute atomic E-state index is 5.47. The average molecular weight is 259 g/mol. The van der Waals surface area contributed by atoms with Crippen molar-refractivity contribution < 1.29 is 4.74 Å². The molecule has 0 amide bonds. The van der Waals surface area contributed by atoms with Crippen LogP contribution in [-0.4, -0.2) is 7.05 Å². The van der Waals surface area contributed by atoms with Gasteiger partial charge in [-0.2, -0.15) is 0 Å². The van der Waals surface area contributed by atoms with Gasteiger partial charge in [0.05, 0.1) is 19.3 Å². The lowest BCUT2D eigenvalue weighted by molar-refractivity contribution is 0.134. The molecule has 1 atom stereocenters. The number of aryl methyl sites for hydroxylation is 1. The molecule has 0 radical (unpaired) electrons. The number of nitrogens with one attached hydrogen (secondary N) is 1. The van der Waals surface area contributed by atoms with E-state index in [1.165, 1.54) is 27.1 Å². The molecule has 1 aromatic carbocycles. The van der Waals surface area contributed by atoms with Crippen molar-refractivity contribution in [3.05, 3.63) is 56.8 Å². The second-order valence-electron chi connectivity index (χ2n) is 4.73. The van der Waals surface area contributed by atoms with E-state index in [4.69, 9.17) is 4.74 Å². The normalized spacial score (nSPS) is 15.7. The van der Waals surface area contributed by atoms with E-state index in [2.05, 4.69) is 41.9 Å². The van der Waals surface area contributed by atoms with Crippen molar-refractivity contribution in [1.29, 1.82) is 0 Å². The quantitative estimate of drug-likeness (QED) is 0.912. The predicted octanol–water partition coefficient (Wildman–Crippen LogP) is 3.40. The molecule has 1 aliphatic heterocycles. The summed E-state index contributed by atoms with van der Waals surface area (Å²) in [5.41, 5.74) is 5.33. The molecular weight excluding hydrogens is 242 g/mol. The highest BCUT2D eigenvalue weighted by Gasteiger charge is 2.17. The first-order valence-corrected chi connectivity index (χ1v) is 7.07. The minimum atomic E-state index is 0.279. The van der Waals surface area contributed by atoms with E-state index in [-0.39, 0.29) is 6.04 Å². The van der Waals surface area contributed by atoms with Crippen molar-refractivity contribution >= 4 is 11.3 Å². The van der Waals surface area contributed by atoms with Crippen molar-refractivity contribution in [1.82, 2.24) is 5.32 Å². The van der Waals surface area contributed by atoms with Crippen LogP contribution in [0.5, 0.6) is 0 Å². The Morgan fingerprint density at radius 2 is 2.00 bits per heavy atom. The van der Waals surface area contributed by atoms with Gasteiger partial charge in [-0.3, -0.25) is 0 Å². The van der Waals surface area contributed by atoms with Gasteiger partial charge in [-0.25, -0.2) is 0 Å². The van der Waals surface area contributed by atoms with Crippen LogP contribution in [0.1, 0.15) is 33.2 Å². The Labute approximate surface area is 112 Å². The summed E-state index contributed by atoms with van der Waals surface area (Å²) in [4.78, 5) is 1.36. The molecule has 94 valence electrons. The molecule has 0 saturated heterocycles. The molecule has 3 heteroatoms. The SMILES string of the molecule is CNC(c1csc(C)c1)c1ccc2c(c1)COC2. The molecule has 1 N–H and O–H groups in total. The molecule has 18 heavy (non-hydrogen) atoms. The highest BCUT2D eigenvalue weighted by Crippen LogP contribution is 2.29. The smallest absolute Gasteiger partial charge is 0.0725 e. The minimum Gasteiger partial charge on any atom is -0.372 e. The summed E-state index contributed by atoms with van der Waals surface area (Å²) in [6.45, 7) is 3.66. The van der Waals surface area contributed by atoms with E-state index < -0.39 is 0 Å². The highest BCUT2D eigenvalue weighted by atomic mass is 32.1. The predicted molar refractivity (Wildman–Crippen MR) is 74.9 cm³/mol. The first kappa shape index (κ1) is 11.9. The summed E-state index contributed by atoms with van der Waals surface area (Å²) in [5, 5.41) is 5.64. The third-order valence-corrected chi connectivity index (χ3v) is 4.33. The van der Waals surface area contributed by atoms with Crippen LogP contribution in [0.4, 0.5) is 0 Å². The van der Waals surface area contributed by atoms with Crippen LogP contribution >= 0.6 is 11.3 Å². The van der Waals surface area contributed by atoms with Gasteiger partial charge in [-0.05, 0) is 47.7 Å². The Bertz CT molecular complexity index is 561. The maximum Gasteiger partial charge on any atom is 0.0725 e. The third kappa shape index (κ3) is 2.09. The summed E-state index contributed by atoms with van der Waals surface area (Å²) in [7, 11) is 2.02. The molecule has 1 unspecified atom stereocenters. The standard InChI is InChI=1S/C15H17NOS/c1-10-5-14(9-18-10)15(16-2)11-3-4-12-7-17-8-13(12)6-11/h3-6,9,15-16H,7-8H2,1-2H3. The Kier molecular flexibility index (Phi) is 3.20. The fraction of sp³-hybridized carbons (Fsp3) is 0.333. The molecular formula is C15H17NOS. The second-order valence-corrected chi connectivity index (χ2v) is 5.85. The van der Waals surface area contributed by atoms with Gasteiger partial charge in [0.1, 0.15) is 0 Å². The Morgan fingerprint density at radius 1 is 1.17 bits per heavy atom. The molecule has 0 saturated carbocycles. The monoisotopic (exact) mass is 259 g/mol. The number of hydrogen-bond acceptors (Lipinski definition) is 3. The van der Waals surface area contributed by atoms with Gasteiger partial charge in [0.2, 0.25) is 0 Å². The topological polar surface area (TPSA) is 21.3 Å². The van der Waals surface area contributed by atoms with Gasteiger partial charge in [0.25, 0.3) is 0 Å². The van der Waals surface area contributed by atoms with Gasteiger partial charge >= 0.3 is 0 Å². The molecule has 3 rings (SSSR count). The number of fused-ring (bicyclic) bond motifs is 1. The van der Waals surface area contributed by atoms with Crippen molar-refractivity contribution in [2.45, 2.75) is 26.2 Å². The van der Waals surface area contributed by atoms with Gasteiger partial charge in [0.15, 0.2) is 0 Å². The average Bonchev–Trinajstić information content (AvgIpc) is 2.99. The zero-order valence-corrected chi connectivity index (χ0v) is 11.5. The Morgan fingerprint density at radius 3 is 2.72 bits per heavy atom. The van der Waals surface area contributed by atoms with E-state index >= 15 is 0 Å². The van der Waals surface area contributed by atoms with Crippen LogP contribution in [0, 0.1) is 6.92 Å². The van der Waals surface area contributed by atoms with Crippen molar-refractivity contribution in [2.24, 2.45) is 0 Å². The summed E-state index contributed by atoms with van der Waals surface area (Å²) < 4.78 is 5.47. The molecule has 2 nitrogen and oxygen atoms in total. The van der Waals surface area contributed by atoms with Crippen LogP contribution in [0.15, 0.2) is 29.6 Å². The van der Waals surface area contributed by atoms with Crippen LogP contribution in [0.3, 0.4) is 0 Å². The van der Waals surface area contributed by atoms with Crippen molar-refractivity contribution in [2.75, 3.05) is 7.05 Å². The molecule has 2 aromatic rings. The Balaban J connectivity index is 1.96. The zero-order valence-electron chi connectivity index (χ0n) is 10.7. The minimum absolute atomic E-state index is 0.279. The lowest BCUT2D eigenvalue weighted by Crippen LogP contribution is -2.17. The molecule has 0 spiro atoms. The number of benzene rings is 1. The summed E-state index contributed by atoms with van der Waals surface area (Å²) in [6.07, 6.45) is 0. The van der Waals surface area contributed by atoms with E-state index in [9.17, 15) is 0 Å². The van der Waals surface area contributed by atoms with Crippen molar-refractivity contribution in [3.63, 3.8) is 0 Å². The van der Waals surface area contributed by atoms with Crippen LogP contribution in [-0.2, 0) is 18.0 Å². The summed E-state index contributed by atoms with van der Waals surface area (Å²) in [6, 6.07) is 9.22. The highest BCUT2D eigenvalue weighted by molar-refractivity contribution is 7.10. The van der Waals surface area contributed by atoms with Gasteiger partial charge in [0, 0.05) is 4.88 Å². The van der Waals surface area contributed by atoms with Gasteiger partial charge in [-0.15, -0.1) is 11.3 Å². The fourth-order valence-corrected chi connectivity index (χ4v) is 3.24. The van der Waals surface area contributed by atoms with Gasteiger partial charge < -0.3 is 10.1 Å². The molecule has 0 fully saturated rings. The van der Waals surface area contributed by atoms with Crippen LogP contribution < -0.4 is 5.32 Å². The first-order valence-electron chi connectivity index (χ1n) is 6.19. The first-order chi connectivity index (χ1) is 8.78. The van der Waals surface area contributed by atoms with Crippen LogP contribution in [0.25, 0.3) is 0 Å². The molecule has 0 bridgehead atoms. The number of rotatable bonds is 3. The molecule has 0 aliphatic carbocycles. The summed E-state index contributed by atoms with van der Waals surface area (Å²) >= 11 is 1.80. The Hall–Kier alpha value is -1.16. The van der Waals surface area contributed by atoms with Gasteiger partial charge in [-0.1, -0.05) is 18.2 Å². The second kappa shape index (κ2) is 4.84. The maximum atomic E-state index is 5.47. The van der Waals surface area contributed by atoms with E-state index in [1.54, 1.807) is 11.3 Å². The third-order valence-electron chi connectivity index (χ3n) is 3.45. The summed E-state index contributed by atoms with van der Waals surface area (Å²) in [5.74, 6) is 0.